The first-order valence-electron chi connectivity index (χ1n) is 9.80. The molecule has 4 heterocycles. The SMILES string of the molecule is CN1CCC[C@H]1COc1nc(N2CCCC[C@@H](O)C2)c2cnc(Cl)c(F)c2n1. The third-order valence-corrected chi connectivity index (χ3v) is 5.89. The number of aromatic nitrogens is 3. The van der Waals surface area contributed by atoms with Gasteiger partial charge in [-0.3, -0.25) is 0 Å². The van der Waals surface area contributed by atoms with E-state index in [1.165, 1.54) is 6.20 Å². The highest BCUT2D eigenvalue weighted by molar-refractivity contribution is 6.30. The summed E-state index contributed by atoms with van der Waals surface area (Å²) in [6, 6.07) is 0.427. The number of nitrogens with zero attached hydrogens (tertiary/aromatic N) is 5. The molecule has 2 aliphatic heterocycles. The first-order valence-corrected chi connectivity index (χ1v) is 10.2. The van der Waals surface area contributed by atoms with Crippen LogP contribution in [-0.4, -0.2) is 70.4 Å². The zero-order valence-electron chi connectivity index (χ0n) is 15.9. The second kappa shape index (κ2) is 8.31. The number of halogens is 2. The van der Waals surface area contributed by atoms with Gasteiger partial charge in [0, 0.05) is 25.3 Å². The third-order valence-electron chi connectivity index (χ3n) is 5.62. The number of likely N-dealkylation sites (N-methyl/N-ethyl adjacent to an activating group) is 1. The predicted molar refractivity (Wildman–Crippen MR) is 106 cm³/mol. The monoisotopic (exact) mass is 409 g/mol. The maximum absolute atomic E-state index is 14.7. The molecule has 2 saturated heterocycles. The van der Waals surface area contributed by atoms with Gasteiger partial charge in [-0.05, 0) is 45.7 Å². The molecule has 2 aromatic heterocycles. The molecule has 0 aliphatic carbocycles. The van der Waals surface area contributed by atoms with Crippen LogP contribution in [0.25, 0.3) is 10.9 Å². The van der Waals surface area contributed by atoms with Crippen LogP contribution in [0.3, 0.4) is 0 Å². The van der Waals surface area contributed by atoms with Crippen molar-refractivity contribution < 1.29 is 14.2 Å². The van der Waals surface area contributed by atoms with Crippen LogP contribution < -0.4 is 9.64 Å². The van der Waals surface area contributed by atoms with Gasteiger partial charge in [-0.2, -0.15) is 9.97 Å². The Labute approximate surface area is 168 Å². The summed E-state index contributed by atoms with van der Waals surface area (Å²) < 4.78 is 20.5. The summed E-state index contributed by atoms with van der Waals surface area (Å²) >= 11 is 5.88. The van der Waals surface area contributed by atoms with Crippen molar-refractivity contribution in [2.45, 2.75) is 44.2 Å². The Hall–Kier alpha value is -1.77. The quantitative estimate of drug-likeness (QED) is 0.778. The van der Waals surface area contributed by atoms with E-state index in [0.29, 0.717) is 30.4 Å². The fourth-order valence-electron chi connectivity index (χ4n) is 3.98. The van der Waals surface area contributed by atoms with Crippen molar-refractivity contribution in [2.75, 3.05) is 38.2 Å². The lowest BCUT2D eigenvalue weighted by atomic mass is 10.2. The normalized spacial score (nSPS) is 23.9. The molecule has 9 heteroatoms. The molecule has 1 N–H and O–H groups in total. The number of likely N-dealkylation sites (tertiary alicyclic amines) is 1. The van der Waals surface area contributed by atoms with Crippen LogP contribution in [0.15, 0.2) is 6.20 Å². The first kappa shape index (κ1) is 19.5. The van der Waals surface area contributed by atoms with Gasteiger partial charge in [-0.1, -0.05) is 11.6 Å². The Morgan fingerprint density at radius 1 is 1.25 bits per heavy atom. The minimum absolute atomic E-state index is 0.0958. The predicted octanol–water partition coefficient (Wildman–Crippen LogP) is 2.64. The van der Waals surface area contributed by atoms with Gasteiger partial charge < -0.3 is 19.6 Å². The molecule has 0 bridgehead atoms. The van der Waals surface area contributed by atoms with E-state index in [4.69, 9.17) is 16.3 Å². The van der Waals surface area contributed by atoms with Crippen LogP contribution >= 0.6 is 11.6 Å². The summed E-state index contributed by atoms with van der Waals surface area (Å²) in [6.45, 7) is 2.64. The van der Waals surface area contributed by atoms with Gasteiger partial charge in [0.25, 0.3) is 0 Å². The number of rotatable bonds is 4. The van der Waals surface area contributed by atoms with Gasteiger partial charge in [-0.15, -0.1) is 0 Å². The lowest BCUT2D eigenvalue weighted by molar-refractivity contribution is 0.173. The number of pyridine rings is 1. The Morgan fingerprint density at radius 2 is 2.11 bits per heavy atom. The summed E-state index contributed by atoms with van der Waals surface area (Å²) in [5.74, 6) is -0.148. The lowest BCUT2D eigenvalue weighted by Gasteiger charge is -2.25. The summed E-state index contributed by atoms with van der Waals surface area (Å²) in [7, 11) is 2.07. The van der Waals surface area contributed by atoms with Crippen molar-refractivity contribution in [1.82, 2.24) is 19.9 Å². The van der Waals surface area contributed by atoms with Gasteiger partial charge >= 0.3 is 6.01 Å². The molecule has 2 atom stereocenters. The van der Waals surface area contributed by atoms with Crippen molar-refractivity contribution in [3.05, 3.63) is 17.2 Å². The lowest BCUT2D eigenvalue weighted by Crippen LogP contribution is -2.32. The zero-order valence-corrected chi connectivity index (χ0v) is 16.7. The van der Waals surface area contributed by atoms with Crippen molar-refractivity contribution in [3.8, 4) is 6.01 Å². The molecular formula is C19H25ClFN5O2. The zero-order chi connectivity index (χ0) is 19.7. The molecule has 0 unspecified atom stereocenters. The fraction of sp³-hybridized carbons (Fsp3) is 0.632. The molecule has 4 rings (SSSR count). The number of hydrogen-bond donors (Lipinski definition) is 1. The number of ether oxygens (including phenoxy) is 1. The number of fused-ring (bicyclic) bond motifs is 1. The van der Waals surface area contributed by atoms with Crippen LogP contribution in [0.2, 0.25) is 5.15 Å². The fourth-order valence-corrected chi connectivity index (χ4v) is 4.12. The molecule has 0 spiro atoms. The molecule has 28 heavy (non-hydrogen) atoms. The van der Waals surface area contributed by atoms with Gasteiger partial charge in [0.15, 0.2) is 11.0 Å². The van der Waals surface area contributed by atoms with E-state index < -0.39 is 11.9 Å². The smallest absolute Gasteiger partial charge is 0.319 e. The van der Waals surface area contributed by atoms with Crippen LogP contribution in [-0.2, 0) is 0 Å². The summed E-state index contributed by atoms with van der Waals surface area (Å²) in [5.41, 5.74) is 0.0958. The summed E-state index contributed by atoms with van der Waals surface area (Å²) in [5, 5.41) is 10.5. The molecule has 7 nitrogen and oxygen atoms in total. The summed E-state index contributed by atoms with van der Waals surface area (Å²) in [4.78, 5) is 17.0. The maximum Gasteiger partial charge on any atom is 0.319 e. The van der Waals surface area contributed by atoms with Gasteiger partial charge in [0.1, 0.15) is 17.9 Å². The molecule has 2 fully saturated rings. The number of anilines is 1. The Kier molecular flexibility index (Phi) is 5.80. The van der Waals surface area contributed by atoms with E-state index >= 15 is 0 Å². The van der Waals surface area contributed by atoms with E-state index in [9.17, 15) is 9.50 Å². The van der Waals surface area contributed by atoms with E-state index in [1.54, 1.807) is 0 Å². The highest BCUT2D eigenvalue weighted by Gasteiger charge is 2.25. The van der Waals surface area contributed by atoms with Crippen LogP contribution in [0.1, 0.15) is 32.1 Å². The second-order valence-corrected chi connectivity index (χ2v) is 8.00. The average molecular weight is 410 g/mol. The van der Waals surface area contributed by atoms with Crippen LogP contribution in [0, 0.1) is 5.82 Å². The molecule has 152 valence electrons. The number of β-amino-alcohol motifs (C(OH)–C–C–N with tert-alkyl or cyclic N) is 1. The topological polar surface area (TPSA) is 74.6 Å². The van der Waals surface area contributed by atoms with Gasteiger partial charge in [0.05, 0.1) is 11.5 Å². The Balaban J connectivity index is 1.70. The minimum atomic E-state index is -0.680. The highest BCUT2D eigenvalue weighted by atomic mass is 35.5. The number of aliphatic hydroxyl groups is 1. The number of aliphatic hydroxyl groups excluding tert-OH is 1. The minimum Gasteiger partial charge on any atom is -0.462 e. The Morgan fingerprint density at radius 3 is 2.89 bits per heavy atom. The van der Waals surface area contributed by atoms with Crippen LogP contribution in [0.5, 0.6) is 6.01 Å². The van der Waals surface area contributed by atoms with E-state index in [2.05, 4.69) is 26.9 Å². The van der Waals surface area contributed by atoms with Crippen molar-refractivity contribution in [2.24, 2.45) is 0 Å². The van der Waals surface area contributed by atoms with Crippen molar-refractivity contribution in [1.29, 1.82) is 0 Å². The molecule has 0 saturated carbocycles. The standard InChI is InChI=1S/C19H25ClFN5O2/c1-25-7-4-5-12(25)11-28-19-23-16-14(9-22-17(20)15(16)21)18(24-19)26-8-3-2-6-13(27)10-26/h9,12-13,27H,2-8,10-11H2,1H3/t12-,13+/m0/s1. The highest BCUT2D eigenvalue weighted by Crippen LogP contribution is 2.31. The average Bonchev–Trinajstić information content (AvgIpc) is 2.97. The maximum atomic E-state index is 14.7. The molecule has 0 aromatic carbocycles. The Bertz CT molecular complexity index is 855. The molecule has 0 radical (unpaired) electrons. The largest absolute Gasteiger partial charge is 0.462 e. The third kappa shape index (κ3) is 3.99. The van der Waals surface area contributed by atoms with E-state index in [1.807, 2.05) is 4.90 Å². The molecular weight excluding hydrogens is 385 g/mol. The first-order chi connectivity index (χ1) is 13.5. The van der Waals surface area contributed by atoms with Crippen molar-refractivity contribution >= 4 is 28.3 Å². The van der Waals surface area contributed by atoms with Crippen molar-refractivity contribution in [3.63, 3.8) is 0 Å². The van der Waals surface area contributed by atoms with Crippen LogP contribution in [0.4, 0.5) is 10.2 Å². The van der Waals surface area contributed by atoms with Gasteiger partial charge in [-0.25, -0.2) is 9.37 Å². The second-order valence-electron chi connectivity index (χ2n) is 7.64. The van der Waals surface area contributed by atoms with E-state index in [-0.39, 0.29) is 16.7 Å². The van der Waals surface area contributed by atoms with Gasteiger partial charge in [0.2, 0.25) is 0 Å². The molecule has 0 amide bonds. The summed E-state index contributed by atoms with van der Waals surface area (Å²) in [6.07, 6.45) is 5.84. The number of hydrogen-bond acceptors (Lipinski definition) is 7. The molecule has 2 aliphatic rings. The molecule has 2 aromatic rings. The van der Waals surface area contributed by atoms with E-state index in [0.717, 1.165) is 45.2 Å².